The molecular formula is C18H18N2O2. The van der Waals surface area contributed by atoms with E-state index in [1.807, 2.05) is 24.3 Å². The van der Waals surface area contributed by atoms with Gasteiger partial charge in [0.2, 0.25) is 11.8 Å². The Hall–Kier alpha value is -2.62. The van der Waals surface area contributed by atoms with E-state index < -0.39 is 0 Å². The first-order valence-corrected chi connectivity index (χ1v) is 7.31. The molecule has 1 heterocycles. The second-order valence-electron chi connectivity index (χ2n) is 5.66. The van der Waals surface area contributed by atoms with Gasteiger partial charge in [-0.1, -0.05) is 26.0 Å². The Labute approximate surface area is 129 Å². The maximum Gasteiger partial charge on any atom is 0.227 e. The number of amides is 1. The number of hydrogen-bond acceptors (Lipinski definition) is 3. The van der Waals surface area contributed by atoms with Crippen LogP contribution in [-0.4, -0.2) is 10.9 Å². The van der Waals surface area contributed by atoms with Crippen molar-refractivity contribution < 1.29 is 9.21 Å². The van der Waals surface area contributed by atoms with Crippen LogP contribution in [-0.2, 0) is 4.79 Å². The molecule has 1 aromatic heterocycles. The molecule has 0 unspecified atom stereocenters. The van der Waals surface area contributed by atoms with Crippen LogP contribution in [0.4, 0.5) is 5.69 Å². The Bertz CT molecular complexity index is 817. The number of hydrogen-bond donors (Lipinski definition) is 1. The quantitative estimate of drug-likeness (QED) is 0.769. The molecule has 0 atom stereocenters. The van der Waals surface area contributed by atoms with E-state index in [2.05, 4.69) is 36.3 Å². The number of nitrogens with one attached hydrogen (secondary N) is 1. The summed E-state index contributed by atoms with van der Waals surface area (Å²) >= 11 is 0. The highest BCUT2D eigenvalue weighted by atomic mass is 16.3. The van der Waals surface area contributed by atoms with Crippen LogP contribution in [0.2, 0.25) is 0 Å². The highest BCUT2D eigenvalue weighted by Gasteiger charge is 2.09. The highest BCUT2D eigenvalue weighted by Crippen LogP contribution is 2.27. The third-order valence-electron chi connectivity index (χ3n) is 3.53. The fourth-order valence-electron chi connectivity index (χ4n) is 2.34. The largest absolute Gasteiger partial charge is 0.436 e. The maximum absolute atomic E-state index is 11.1. The fraction of sp³-hybridized carbons (Fsp3) is 0.222. The molecule has 0 saturated carbocycles. The predicted octanol–water partition coefficient (Wildman–Crippen LogP) is 4.58. The molecule has 0 spiro atoms. The minimum Gasteiger partial charge on any atom is -0.436 e. The summed E-state index contributed by atoms with van der Waals surface area (Å²) in [6.45, 7) is 5.81. The zero-order valence-electron chi connectivity index (χ0n) is 12.9. The first kappa shape index (κ1) is 14.3. The molecule has 4 heteroatoms. The number of benzene rings is 2. The van der Waals surface area contributed by atoms with Gasteiger partial charge in [0.15, 0.2) is 5.58 Å². The molecule has 0 aliphatic rings. The zero-order valence-corrected chi connectivity index (χ0v) is 12.9. The molecule has 0 bridgehead atoms. The number of carbonyl (C=O) groups is 1. The van der Waals surface area contributed by atoms with Gasteiger partial charge in [0.25, 0.3) is 0 Å². The van der Waals surface area contributed by atoms with Crippen molar-refractivity contribution in [1.29, 1.82) is 0 Å². The van der Waals surface area contributed by atoms with Crippen LogP contribution >= 0.6 is 0 Å². The van der Waals surface area contributed by atoms with Gasteiger partial charge in [-0.15, -0.1) is 0 Å². The Morgan fingerprint density at radius 2 is 1.86 bits per heavy atom. The van der Waals surface area contributed by atoms with Crippen LogP contribution in [0, 0.1) is 0 Å². The van der Waals surface area contributed by atoms with Crippen molar-refractivity contribution in [3.8, 4) is 11.5 Å². The normalized spacial score (nSPS) is 11.1. The molecule has 22 heavy (non-hydrogen) atoms. The summed E-state index contributed by atoms with van der Waals surface area (Å²) in [4.78, 5) is 15.6. The molecule has 2 aromatic carbocycles. The lowest BCUT2D eigenvalue weighted by atomic mass is 10.0. The topological polar surface area (TPSA) is 55.1 Å². The van der Waals surface area contributed by atoms with Gasteiger partial charge in [0, 0.05) is 18.2 Å². The monoisotopic (exact) mass is 294 g/mol. The summed E-state index contributed by atoms with van der Waals surface area (Å²) in [6.07, 6.45) is 0. The summed E-state index contributed by atoms with van der Waals surface area (Å²) in [5.74, 6) is 0.982. The Balaban J connectivity index is 1.95. The second kappa shape index (κ2) is 5.64. The maximum atomic E-state index is 11.1. The van der Waals surface area contributed by atoms with Crippen molar-refractivity contribution in [2.45, 2.75) is 26.7 Å². The van der Waals surface area contributed by atoms with Crippen LogP contribution in [0.5, 0.6) is 0 Å². The molecule has 0 fully saturated rings. The van der Waals surface area contributed by atoms with Crippen molar-refractivity contribution in [1.82, 2.24) is 4.98 Å². The number of fused-ring (bicyclic) bond motifs is 1. The number of anilines is 1. The minimum absolute atomic E-state index is 0.104. The van der Waals surface area contributed by atoms with E-state index in [0.29, 0.717) is 17.4 Å². The zero-order chi connectivity index (χ0) is 15.7. The predicted molar refractivity (Wildman–Crippen MR) is 87.8 cm³/mol. The van der Waals surface area contributed by atoms with Crippen LogP contribution in [0.3, 0.4) is 0 Å². The summed E-state index contributed by atoms with van der Waals surface area (Å²) in [7, 11) is 0. The van der Waals surface area contributed by atoms with E-state index in [9.17, 15) is 4.79 Å². The lowest BCUT2D eigenvalue weighted by Crippen LogP contribution is -2.05. The molecule has 3 rings (SSSR count). The van der Waals surface area contributed by atoms with Crippen molar-refractivity contribution in [3.05, 3.63) is 48.0 Å². The van der Waals surface area contributed by atoms with Gasteiger partial charge < -0.3 is 9.73 Å². The number of oxazole rings is 1. The average Bonchev–Trinajstić information content (AvgIpc) is 2.90. The number of aromatic nitrogens is 1. The molecule has 0 aliphatic carbocycles. The Kier molecular flexibility index (Phi) is 3.67. The second-order valence-corrected chi connectivity index (χ2v) is 5.66. The molecule has 1 N–H and O–H groups in total. The molecular weight excluding hydrogens is 276 g/mol. The molecule has 112 valence electrons. The first-order valence-electron chi connectivity index (χ1n) is 7.31. The number of rotatable bonds is 3. The van der Waals surface area contributed by atoms with Gasteiger partial charge in [0.1, 0.15) is 5.52 Å². The minimum atomic E-state index is -0.104. The fourth-order valence-corrected chi connectivity index (χ4v) is 2.34. The van der Waals surface area contributed by atoms with Gasteiger partial charge in [-0.25, -0.2) is 4.98 Å². The first-order chi connectivity index (χ1) is 10.5. The Morgan fingerprint density at radius 1 is 1.14 bits per heavy atom. The van der Waals surface area contributed by atoms with Gasteiger partial charge in [0.05, 0.1) is 0 Å². The van der Waals surface area contributed by atoms with Crippen molar-refractivity contribution in [2.75, 3.05) is 5.32 Å². The Morgan fingerprint density at radius 3 is 2.50 bits per heavy atom. The van der Waals surface area contributed by atoms with Crippen LogP contribution in [0.25, 0.3) is 22.6 Å². The highest BCUT2D eigenvalue weighted by molar-refractivity contribution is 5.91. The van der Waals surface area contributed by atoms with Crippen LogP contribution in [0.15, 0.2) is 46.9 Å². The molecule has 0 saturated heterocycles. The van der Waals surface area contributed by atoms with Gasteiger partial charge in [-0.2, -0.15) is 0 Å². The van der Waals surface area contributed by atoms with Crippen LogP contribution in [0.1, 0.15) is 32.3 Å². The molecule has 3 aromatic rings. The van der Waals surface area contributed by atoms with E-state index in [-0.39, 0.29) is 5.91 Å². The van der Waals surface area contributed by atoms with Gasteiger partial charge >= 0.3 is 0 Å². The van der Waals surface area contributed by atoms with Gasteiger partial charge in [-0.05, 0) is 41.8 Å². The summed E-state index contributed by atoms with van der Waals surface area (Å²) in [5, 5.41) is 2.75. The molecule has 4 nitrogen and oxygen atoms in total. The lowest BCUT2D eigenvalue weighted by molar-refractivity contribution is -0.114. The molecule has 0 radical (unpaired) electrons. The third kappa shape index (κ3) is 2.86. The summed E-state index contributed by atoms with van der Waals surface area (Å²) in [6, 6.07) is 13.7. The van der Waals surface area contributed by atoms with Gasteiger partial charge in [-0.3, -0.25) is 4.79 Å². The smallest absolute Gasteiger partial charge is 0.227 e. The number of carbonyl (C=O) groups excluding carboxylic acids is 1. The third-order valence-corrected chi connectivity index (χ3v) is 3.53. The summed E-state index contributed by atoms with van der Waals surface area (Å²) in [5.41, 5.74) is 4.38. The molecule has 0 aliphatic heterocycles. The van der Waals surface area contributed by atoms with E-state index in [0.717, 1.165) is 16.8 Å². The van der Waals surface area contributed by atoms with Crippen LogP contribution < -0.4 is 5.32 Å². The van der Waals surface area contributed by atoms with E-state index in [1.165, 1.54) is 12.5 Å². The lowest BCUT2D eigenvalue weighted by Gasteiger charge is -2.04. The van der Waals surface area contributed by atoms with Crippen molar-refractivity contribution in [3.63, 3.8) is 0 Å². The average molecular weight is 294 g/mol. The van der Waals surface area contributed by atoms with E-state index >= 15 is 0 Å². The number of nitrogens with zero attached hydrogens (tertiary/aromatic N) is 1. The van der Waals surface area contributed by atoms with Crippen molar-refractivity contribution >= 4 is 22.7 Å². The standard InChI is InChI=1S/C18H18N2O2/c1-11(2)13-4-6-14(7-5-13)18-20-16-10-15(19-12(3)21)8-9-17(16)22-18/h4-11H,1-3H3,(H,19,21). The van der Waals surface area contributed by atoms with E-state index in [1.54, 1.807) is 6.07 Å². The van der Waals surface area contributed by atoms with E-state index in [4.69, 9.17) is 4.42 Å². The summed E-state index contributed by atoms with van der Waals surface area (Å²) < 4.78 is 5.79. The SMILES string of the molecule is CC(=O)Nc1ccc2oc(-c3ccc(C(C)C)cc3)nc2c1. The molecule has 1 amide bonds. The van der Waals surface area contributed by atoms with Crippen molar-refractivity contribution in [2.24, 2.45) is 0 Å².